The van der Waals surface area contributed by atoms with Gasteiger partial charge in [0.1, 0.15) is 22.9 Å². The lowest BCUT2D eigenvalue weighted by Gasteiger charge is -2.17. The number of hydrogen-bond donors (Lipinski definition) is 4. The fourth-order valence-corrected chi connectivity index (χ4v) is 3.26. The van der Waals surface area contributed by atoms with Crippen molar-refractivity contribution < 1.29 is 27.2 Å². The first-order valence-electron chi connectivity index (χ1n) is 10.3. The number of carbonyl (C=O) groups is 2. The van der Waals surface area contributed by atoms with E-state index >= 15 is 0 Å². The van der Waals surface area contributed by atoms with E-state index in [1.54, 1.807) is 0 Å². The van der Waals surface area contributed by atoms with Gasteiger partial charge in [0.05, 0.1) is 47.8 Å². The molecule has 13 heteroatoms. The molecule has 5 N–H and O–H groups in total. The van der Waals surface area contributed by atoms with Crippen molar-refractivity contribution in [1.82, 2.24) is 25.6 Å². The fraction of sp³-hybridized carbons (Fsp3) is 0.227. The zero-order valence-electron chi connectivity index (χ0n) is 18.0. The molecular weight excluding hydrogens is 470 g/mol. The number of nitrogens with one attached hydrogen (secondary N) is 3. The van der Waals surface area contributed by atoms with E-state index in [9.17, 15) is 27.2 Å². The Morgan fingerprint density at radius 1 is 1.09 bits per heavy atom. The molecule has 0 unspecified atom stereocenters. The van der Waals surface area contributed by atoms with Gasteiger partial charge in [-0.1, -0.05) is 0 Å². The lowest BCUT2D eigenvalue weighted by Crippen LogP contribution is -2.49. The van der Waals surface area contributed by atoms with E-state index in [-0.39, 0.29) is 29.4 Å². The molecule has 9 nitrogen and oxygen atoms in total. The van der Waals surface area contributed by atoms with Crippen LogP contribution >= 0.6 is 0 Å². The lowest BCUT2D eigenvalue weighted by atomic mass is 10.1. The molecule has 1 aliphatic rings. The molecule has 182 valence electrons. The quantitative estimate of drug-likeness (QED) is 0.375. The molecule has 2 heterocycles. The SMILES string of the molecule is Nc1cncc(C(=O)NC2(C(=O)NCc3ccc(Nc4ccc(F)cc4C(F)(F)F)cn3)CC2)n1. The molecule has 1 saturated carbocycles. The number of anilines is 3. The molecule has 1 aliphatic carbocycles. The number of hydrogen-bond acceptors (Lipinski definition) is 7. The Morgan fingerprint density at radius 2 is 1.86 bits per heavy atom. The van der Waals surface area contributed by atoms with Crippen LogP contribution in [0.1, 0.15) is 34.6 Å². The Hall–Kier alpha value is -4.29. The summed E-state index contributed by atoms with van der Waals surface area (Å²) in [5.74, 6) is -1.92. The van der Waals surface area contributed by atoms with Gasteiger partial charge >= 0.3 is 6.18 Å². The summed E-state index contributed by atoms with van der Waals surface area (Å²) in [6.45, 7) is 0.0270. The predicted octanol–water partition coefficient (Wildman–Crippen LogP) is 2.93. The third-order valence-corrected chi connectivity index (χ3v) is 5.24. The van der Waals surface area contributed by atoms with Gasteiger partial charge in [-0.3, -0.25) is 19.6 Å². The number of rotatable bonds is 7. The first-order valence-corrected chi connectivity index (χ1v) is 10.3. The van der Waals surface area contributed by atoms with Crippen molar-refractivity contribution in [3.05, 3.63) is 71.7 Å². The van der Waals surface area contributed by atoms with Crippen molar-refractivity contribution in [3.63, 3.8) is 0 Å². The Balaban J connectivity index is 1.35. The molecule has 0 spiro atoms. The molecule has 1 aromatic carbocycles. The minimum atomic E-state index is -4.74. The van der Waals surface area contributed by atoms with Crippen LogP contribution in [0.25, 0.3) is 0 Å². The van der Waals surface area contributed by atoms with Crippen molar-refractivity contribution in [1.29, 1.82) is 0 Å². The van der Waals surface area contributed by atoms with Crippen molar-refractivity contribution in [2.75, 3.05) is 11.1 Å². The monoisotopic (exact) mass is 489 g/mol. The normalized spacial score (nSPS) is 14.2. The Bertz CT molecular complexity index is 1260. The number of pyridine rings is 1. The summed E-state index contributed by atoms with van der Waals surface area (Å²) in [4.78, 5) is 36.8. The summed E-state index contributed by atoms with van der Waals surface area (Å²) >= 11 is 0. The van der Waals surface area contributed by atoms with Crippen LogP contribution in [0.3, 0.4) is 0 Å². The summed E-state index contributed by atoms with van der Waals surface area (Å²) < 4.78 is 52.8. The van der Waals surface area contributed by atoms with E-state index in [1.165, 1.54) is 30.7 Å². The summed E-state index contributed by atoms with van der Waals surface area (Å²) in [5, 5.41) is 7.90. The van der Waals surface area contributed by atoms with E-state index in [4.69, 9.17) is 5.73 Å². The average Bonchev–Trinajstić information content (AvgIpc) is 3.59. The largest absolute Gasteiger partial charge is 0.418 e. The van der Waals surface area contributed by atoms with Crippen LogP contribution in [0, 0.1) is 5.82 Å². The topological polar surface area (TPSA) is 135 Å². The van der Waals surface area contributed by atoms with E-state index in [0.29, 0.717) is 24.6 Å². The molecule has 0 aliphatic heterocycles. The number of aromatic nitrogens is 3. The number of nitrogens with zero attached hydrogens (tertiary/aromatic N) is 3. The number of carbonyl (C=O) groups excluding carboxylic acids is 2. The molecule has 4 rings (SSSR count). The van der Waals surface area contributed by atoms with Gasteiger partial charge in [-0.05, 0) is 43.2 Å². The minimum Gasteiger partial charge on any atom is -0.382 e. The standard InChI is InChI=1S/C22H19F4N7O2/c23-12-1-4-16(15(7-12)22(24,25)26)31-14-3-2-13(29-9-14)8-30-20(35)21(5-6-21)33-19(34)17-10-28-11-18(27)32-17/h1-4,7,9-11,31H,5-6,8H2,(H2,27,32)(H,30,35)(H,33,34). The number of benzene rings is 1. The molecule has 2 aromatic heterocycles. The summed E-state index contributed by atoms with van der Waals surface area (Å²) in [6.07, 6.45) is -0.0401. The molecule has 0 radical (unpaired) electrons. The highest BCUT2D eigenvalue weighted by Gasteiger charge is 2.51. The van der Waals surface area contributed by atoms with E-state index in [0.717, 1.165) is 12.1 Å². The zero-order valence-corrected chi connectivity index (χ0v) is 18.0. The van der Waals surface area contributed by atoms with Crippen molar-refractivity contribution in [2.45, 2.75) is 31.1 Å². The van der Waals surface area contributed by atoms with E-state index in [1.807, 2.05) is 0 Å². The van der Waals surface area contributed by atoms with Crippen molar-refractivity contribution in [3.8, 4) is 0 Å². The Labute approximate surface area is 196 Å². The Kier molecular flexibility index (Phi) is 6.24. The molecule has 35 heavy (non-hydrogen) atoms. The van der Waals surface area contributed by atoms with Gasteiger partial charge in [0.2, 0.25) is 5.91 Å². The highest BCUT2D eigenvalue weighted by molar-refractivity contribution is 5.99. The number of nitrogen functional groups attached to an aromatic ring is 1. The second-order valence-corrected chi connectivity index (χ2v) is 7.90. The maximum Gasteiger partial charge on any atom is 0.418 e. The van der Waals surface area contributed by atoms with Gasteiger partial charge in [-0.2, -0.15) is 13.2 Å². The first kappa shape index (κ1) is 23.9. The highest BCUT2D eigenvalue weighted by atomic mass is 19.4. The smallest absolute Gasteiger partial charge is 0.382 e. The van der Waals surface area contributed by atoms with Crippen LogP contribution in [0.2, 0.25) is 0 Å². The lowest BCUT2D eigenvalue weighted by molar-refractivity contribution is -0.137. The summed E-state index contributed by atoms with van der Waals surface area (Å²) in [5.41, 5.74) is 3.66. The predicted molar refractivity (Wildman–Crippen MR) is 117 cm³/mol. The van der Waals surface area contributed by atoms with Gasteiger partial charge in [0.25, 0.3) is 5.91 Å². The van der Waals surface area contributed by atoms with Crippen LogP contribution < -0.4 is 21.7 Å². The van der Waals surface area contributed by atoms with Gasteiger partial charge in [-0.25, -0.2) is 9.37 Å². The minimum absolute atomic E-state index is 0.0105. The number of halogens is 4. The molecular formula is C22H19F4N7O2. The van der Waals surface area contributed by atoms with Gasteiger partial charge in [0.15, 0.2) is 0 Å². The van der Waals surface area contributed by atoms with Gasteiger partial charge in [-0.15, -0.1) is 0 Å². The van der Waals surface area contributed by atoms with Gasteiger partial charge < -0.3 is 21.7 Å². The summed E-state index contributed by atoms with van der Waals surface area (Å²) in [7, 11) is 0. The van der Waals surface area contributed by atoms with Gasteiger partial charge in [0, 0.05) is 0 Å². The average molecular weight is 489 g/mol. The molecule has 0 atom stereocenters. The zero-order chi connectivity index (χ0) is 25.2. The Morgan fingerprint density at radius 3 is 2.49 bits per heavy atom. The first-order chi connectivity index (χ1) is 16.6. The third kappa shape index (κ3) is 5.62. The molecule has 0 bridgehead atoms. The number of amides is 2. The number of alkyl halides is 3. The fourth-order valence-electron chi connectivity index (χ4n) is 3.26. The van der Waals surface area contributed by atoms with Crippen LogP contribution in [-0.2, 0) is 17.5 Å². The molecule has 1 fully saturated rings. The number of nitrogens with two attached hydrogens (primary N) is 1. The van der Waals surface area contributed by atoms with Crippen LogP contribution in [-0.4, -0.2) is 32.3 Å². The van der Waals surface area contributed by atoms with E-state index in [2.05, 4.69) is 30.9 Å². The third-order valence-electron chi connectivity index (χ3n) is 5.24. The van der Waals surface area contributed by atoms with Crippen LogP contribution in [0.15, 0.2) is 48.9 Å². The molecule has 2 amide bonds. The van der Waals surface area contributed by atoms with Crippen LogP contribution in [0.5, 0.6) is 0 Å². The maximum atomic E-state index is 13.3. The summed E-state index contributed by atoms with van der Waals surface area (Å²) in [6, 6.07) is 5.31. The van der Waals surface area contributed by atoms with Crippen LogP contribution in [0.4, 0.5) is 34.8 Å². The highest BCUT2D eigenvalue weighted by Crippen LogP contribution is 2.37. The van der Waals surface area contributed by atoms with Crippen molar-refractivity contribution >= 4 is 29.0 Å². The van der Waals surface area contributed by atoms with Crippen molar-refractivity contribution in [2.24, 2.45) is 0 Å². The second kappa shape index (κ2) is 9.16. The molecule has 0 saturated heterocycles. The second-order valence-electron chi connectivity index (χ2n) is 7.90. The molecule has 3 aromatic rings. The van der Waals surface area contributed by atoms with E-state index < -0.39 is 34.9 Å². The maximum absolute atomic E-state index is 13.3.